The van der Waals surface area contributed by atoms with Crippen molar-refractivity contribution in [3.8, 4) is 0 Å². The Balaban J connectivity index is 3.36. The van der Waals surface area contributed by atoms with E-state index in [2.05, 4.69) is 26.0 Å². The van der Waals surface area contributed by atoms with Crippen LogP contribution < -0.4 is 0 Å². The van der Waals surface area contributed by atoms with Crippen LogP contribution >= 0.6 is 0 Å². The lowest BCUT2D eigenvalue weighted by atomic mass is 10.0. The quantitative estimate of drug-likeness (QED) is 0.348. The van der Waals surface area contributed by atoms with Crippen molar-refractivity contribution >= 4 is 5.97 Å². The summed E-state index contributed by atoms with van der Waals surface area (Å²) >= 11 is 0. The maximum atomic E-state index is 10.5. The van der Waals surface area contributed by atoms with Crippen molar-refractivity contribution in [1.82, 2.24) is 0 Å². The zero-order chi connectivity index (χ0) is 11.5. The summed E-state index contributed by atoms with van der Waals surface area (Å²) < 4.78 is 4.87. The lowest BCUT2D eigenvalue weighted by molar-refractivity contribution is -0.141. The smallest absolute Gasteiger partial charge is 0.302 e. The fourth-order valence-corrected chi connectivity index (χ4v) is 1.37. The van der Waals surface area contributed by atoms with Crippen LogP contribution in [0.5, 0.6) is 0 Å². The fraction of sp³-hybridized carbons (Fsp3) is 0.769. The van der Waals surface area contributed by atoms with Gasteiger partial charge in [-0.1, -0.05) is 38.8 Å². The van der Waals surface area contributed by atoms with Crippen molar-refractivity contribution < 1.29 is 9.53 Å². The van der Waals surface area contributed by atoms with E-state index in [0.717, 1.165) is 12.8 Å². The maximum Gasteiger partial charge on any atom is 0.302 e. The van der Waals surface area contributed by atoms with Crippen molar-refractivity contribution in [2.75, 3.05) is 6.61 Å². The van der Waals surface area contributed by atoms with Crippen molar-refractivity contribution in [2.24, 2.45) is 5.92 Å². The third-order valence-electron chi connectivity index (χ3n) is 2.30. The van der Waals surface area contributed by atoms with Crippen LogP contribution in [0, 0.1) is 5.92 Å². The van der Waals surface area contributed by atoms with E-state index in [1.807, 2.05) is 0 Å². The zero-order valence-corrected chi connectivity index (χ0v) is 10.3. The second-order valence-electron chi connectivity index (χ2n) is 4.03. The fourth-order valence-electron chi connectivity index (χ4n) is 1.37. The van der Waals surface area contributed by atoms with Gasteiger partial charge < -0.3 is 4.74 Å². The van der Waals surface area contributed by atoms with Crippen molar-refractivity contribution in [3.05, 3.63) is 12.2 Å². The summed E-state index contributed by atoms with van der Waals surface area (Å²) in [7, 11) is 0. The third-order valence-corrected chi connectivity index (χ3v) is 2.30. The highest BCUT2D eigenvalue weighted by molar-refractivity contribution is 5.65. The molecule has 0 N–H and O–H groups in total. The molecule has 0 saturated carbocycles. The van der Waals surface area contributed by atoms with Gasteiger partial charge in [-0.15, -0.1) is 0 Å². The molecule has 0 unspecified atom stereocenters. The molecule has 0 aliphatic carbocycles. The van der Waals surface area contributed by atoms with Crippen LogP contribution in [0.4, 0.5) is 0 Å². The Hall–Kier alpha value is -0.790. The number of carbonyl (C=O) groups excluding carboxylic acids is 1. The van der Waals surface area contributed by atoms with Crippen LogP contribution in [-0.2, 0) is 9.53 Å². The van der Waals surface area contributed by atoms with Crippen molar-refractivity contribution in [1.29, 1.82) is 0 Å². The molecule has 0 radical (unpaired) electrons. The van der Waals surface area contributed by atoms with E-state index in [4.69, 9.17) is 4.74 Å². The Morgan fingerprint density at radius 3 is 2.73 bits per heavy atom. The Bertz CT molecular complexity index is 185. The highest BCUT2D eigenvalue weighted by Gasteiger charge is 1.98. The summed E-state index contributed by atoms with van der Waals surface area (Å²) in [5, 5.41) is 0. The second kappa shape index (κ2) is 9.75. The topological polar surface area (TPSA) is 26.3 Å². The number of hydrogen-bond acceptors (Lipinski definition) is 2. The largest absolute Gasteiger partial charge is 0.466 e. The van der Waals surface area contributed by atoms with Crippen LogP contribution in [0.15, 0.2) is 12.2 Å². The summed E-state index contributed by atoms with van der Waals surface area (Å²) in [6.07, 6.45) is 10.3. The van der Waals surface area contributed by atoms with Gasteiger partial charge in [-0.3, -0.25) is 4.79 Å². The molecule has 0 aromatic carbocycles. The van der Waals surface area contributed by atoms with E-state index in [1.165, 1.54) is 26.2 Å². The molecule has 0 amide bonds. The van der Waals surface area contributed by atoms with E-state index >= 15 is 0 Å². The van der Waals surface area contributed by atoms with Crippen LogP contribution in [0.3, 0.4) is 0 Å². The third kappa shape index (κ3) is 11.1. The summed E-state index contributed by atoms with van der Waals surface area (Å²) in [5.41, 5.74) is 0. The zero-order valence-electron chi connectivity index (χ0n) is 10.3. The van der Waals surface area contributed by atoms with Crippen LogP contribution in [-0.4, -0.2) is 12.6 Å². The second-order valence-corrected chi connectivity index (χ2v) is 4.03. The van der Waals surface area contributed by atoms with Gasteiger partial charge in [0.2, 0.25) is 0 Å². The Labute approximate surface area is 93.7 Å². The van der Waals surface area contributed by atoms with Crippen LogP contribution in [0.1, 0.15) is 52.9 Å². The van der Waals surface area contributed by atoms with Gasteiger partial charge >= 0.3 is 5.97 Å². The average molecular weight is 212 g/mol. The summed E-state index contributed by atoms with van der Waals surface area (Å²) in [6, 6.07) is 0. The molecule has 0 aliphatic rings. The Morgan fingerprint density at radius 1 is 1.40 bits per heavy atom. The van der Waals surface area contributed by atoms with Gasteiger partial charge in [0, 0.05) is 6.92 Å². The Morgan fingerprint density at radius 2 is 2.13 bits per heavy atom. The molecule has 0 aromatic heterocycles. The molecule has 15 heavy (non-hydrogen) atoms. The van der Waals surface area contributed by atoms with Gasteiger partial charge in [-0.05, 0) is 25.2 Å². The van der Waals surface area contributed by atoms with Gasteiger partial charge in [0.25, 0.3) is 0 Å². The molecule has 2 nitrogen and oxygen atoms in total. The molecule has 1 atom stereocenters. The minimum Gasteiger partial charge on any atom is -0.466 e. The monoisotopic (exact) mass is 212 g/mol. The standard InChI is InChI=1S/C13H24O2/c1-4-5-6-7-9-12(2)10-8-11-15-13(3)14/h7,9,12H,4-6,8,10-11H2,1-3H3/b9-7-/t12-/m1/s1. The molecule has 0 aliphatic heterocycles. The number of unbranched alkanes of at least 4 members (excludes halogenated alkanes) is 2. The average Bonchev–Trinajstić information content (AvgIpc) is 2.19. The summed E-state index contributed by atoms with van der Waals surface area (Å²) in [6.45, 7) is 6.42. The maximum absolute atomic E-state index is 10.5. The first-order valence-electron chi connectivity index (χ1n) is 5.96. The molecule has 0 rings (SSSR count). The van der Waals surface area contributed by atoms with Crippen LogP contribution in [0.2, 0.25) is 0 Å². The van der Waals surface area contributed by atoms with E-state index < -0.39 is 0 Å². The van der Waals surface area contributed by atoms with Crippen LogP contribution in [0.25, 0.3) is 0 Å². The number of hydrogen-bond donors (Lipinski definition) is 0. The number of ether oxygens (including phenoxy) is 1. The first kappa shape index (κ1) is 14.2. The predicted molar refractivity (Wildman–Crippen MR) is 63.7 cm³/mol. The number of allylic oxidation sites excluding steroid dienone is 2. The first-order valence-corrected chi connectivity index (χ1v) is 5.96. The SMILES string of the molecule is CCCC/C=C\[C@@H](C)CCCOC(C)=O. The molecule has 0 aromatic rings. The molecule has 2 heteroatoms. The molecule has 88 valence electrons. The van der Waals surface area contributed by atoms with E-state index in [-0.39, 0.29) is 5.97 Å². The van der Waals surface area contributed by atoms with Gasteiger partial charge in [0.05, 0.1) is 6.61 Å². The molecule has 0 spiro atoms. The van der Waals surface area contributed by atoms with Crippen molar-refractivity contribution in [2.45, 2.75) is 52.9 Å². The molecular formula is C13H24O2. The summed E-state index contributed by atoms with van der Waals surface area (Å²) in [5.74, 6) is 0.415. The predicted octanol–water partition coefficient (Wildman–Crippen LogP) is 3.71. The van der Waals surface area contributed by atoms with Gasteiger partial charge in [-0.2, -0.15) is 0 Å². The minimum atomic E-state index is -0.179. The molecule has 0 saturated heterocycles. The number of rotatable bonds is 8. The lowest BCUT2D eigenvalue weighted by Crippen LogP contribution is -2.02. The highest BCUT2D eigenvalue weighted by Crippen LogP contribution is 2.08. The van der Waals surface area contributed by atoms with Gasteiger partial charge in [0.15, 0.2) is 0 Å². The van der Waals surface area contributed by atoms with E-state index in [9.17, 15) is 4.79 Å². The normalized spacial score (nSPS) is 13.0. The molecule has 0 fully saturated rings. The van der Waals surface area contributed by atoms with Crippen molar-refractivity contribution in [3.63, 3.8) is 0 Å². The van der Waals surface area contributed by atoms with Gasteiger partial charge in [-0.25, -0.2) is 0 Å². The molecule has 0 heterocycles. The molecular weight excluding hydrogens is 188 g/mol. The van der Waals surface area contributed by atoms with E-state index in [1.54, 1.807) is 0 Å². The molecule has 0 bridgehead atoms. The Kier molecular flexibility index (Phi) is 9.24. The van der Waals surface area contributed by atoms with Gasteiger partial charge in [0.1, 0.15) is 0 Å². The number of esters is 1. The van der Waals surface area contributed by atoms with E-state index in [0.29, 0.717) is 12.5 Å². The first-order chi connectivity index (χ1) is 7.16. The minimum absolute atomic E-state index is 0.179. The highest BCUT2D eigenvalue weighted by atomic mass is 16.5. The number of carbonyl (C=O) groups is 1. The summed E-state index contributed by atoms with van der Waals surface area (Å²) in [4.78, 5) is 10.5. The lowest BCUT2D eigenvalue weighted by Gasteiger charge is -2.05.